The van der Waals surface area contributed by atoms with E-state index in [1.54, 1.807) is 33.8 Å². The second kappa shape index (κ2) is 9.69. The number of carbonyl (C=O) groups is 2. The maximum absolute atomic E-state index is 14.0. The fourth-order valence-electron chi connectivity index (χ4n) is 3.06. The summed E-state index contributed by atoms with van der Waals surface area (Å²) in [5, 5.41) is 9.09. The Labute approximate surface area is 163 Å². The normalized spacial score (nSPS) is 14.2. The molecule has 0 aromatic heterocycles. The number of Topliss-reactive ketones (excluding diaryl/α,β-unsaturated/α-hetero) is 1. The molecular formula is C20H26F3N3O2. The van der Waals surface area contributed by atoms with E-state index in [2.05, 4.69) is 0 Å². The van der Waals surface area contributed by atoms with E-state index in [4.69, 9.17) is 11.0 Å². The van der Waals surface area contributed by atoms with Gasteiger partial charge in [-0.05, 0) is 17.9 Å². The first-order valence-corrected chi connectivity index (χ1v) is 9.03. The lowest BCUT2D eigenvalue weighted by molar-refractivity contribution is -0.192. The Balaban J connectivity index is 3.43. The summed E-state index contributed by atoms with van der Waals surface area (Å²) < 4.78 is 41.9. The van der Waals surface area contributed by atoms with Crippen LogP contribution >= 0.6 is 0 Å². The fraction of sp³-hybridized carbons (Fsp3) is 0.550. The van der Waals surface area contributed by atoms with Gasteiger partial charge in [0.25, 0.3) is 0 Å². The molecule has 1 amide bonds. The molecule has 0 aliphatic rings. The first-order valence-electron chi connectivity index (χ1n) is 9.03. The summed E-state index contributed by atoms with van der Waals surface area (Å²) in [6.45, 7) is 6.31. The predicted octanol–water partition coefficient (Wildman–Crippen LogP) is 3.85. The molecule has 0 unspecified atom stereocenters. The van der Waals surface area contributed by atoms with Gasteiger partial charge in [0.15, 0.2) is 5.78 Å². The monoisotopic (exact) mass is 397 g/mol. The van der Waals surface area contributed by atoms with Gasteiger partial charge in [-0.3, -0.25) is 14.5 Å². The lowest BCUT2D eigenvalue weighted by Crippen LogP contribution is -2.51. The third-order valence-electron chi connectivity index (χ3n) is 4.35. The summed E-state index contributed by atoms with van der Waals surface area (Å²) >= 11 is 0. The summed E-state index contributed by atoms with van der Waals surface area (Å²) in [7, 11) is 0. The zero-order valence-electron chi connectivity index (χ0n) is 16.5. The molecule has 0 fully saturated rings. The summed E-state index contributed by atoms with van der Waals surface area (Å²) in [5.74, 6) is -1.48. The van der Waals surface area contributed by atoms with Crippen LogP contribution in [0.4, 0.5) is 13.2 Å². The Hall–Kier alpha value is -2.40. The Morgan fingerprint density at radius 1 is 1.14 bits per heavy atom. The topological polar surface area (TPSA) is 87.2 Å². The highest BCUT2D eigenvalue weighted by atomic mass is 19.4. The number of amides is 1. The average molecular weight is 397 g/mol. The standard InChI is InChI=1S/C20H26F3N3O2/c1-12(2)11-16(19(25)28)26(10-9-24)18(20(21,22)23)15-7-5-14(6-8-15)17(27)13(3)4/h5-8,12-13,16,18H,10-11H2,1-4H3,(H2,25,28)/t16-,18-/m0/s1. The second-order valence-corrected chi connectivity index (χ2v) is 7.46. The number of ketones is 1. The molecule has 1 aromatic carbocycles. The molecule has 1 rings (SSSR count). The quantitative estimate of drug-likeness (QED) is 0.506. The zero-order chi connectivity index (χ0) is 21.6. The number of carbonyl (C=O) groups excluding carboxylic acids is 2. The number of hydrogen-bond acceptors (Lipinski definition) is 4. The van der Waals surface area contributed by atoms with Crippen LogP contribution in [0.2, 0.25) is 0 Å². The van der Waals surface area contributed by atoms with Crippen molar-refractivity contribution in [1.29, 1.82) is 5.26 Å². The van der Waals surface area contributed by atoms with Crippen LogP contribution in [0.25, 0.3) is 0 Å². The smallest absolute Gasteiger partial charge is 0.368 e. The first-order chi connectivity index (χ1) is 12.9. The van der Waals surface area contributed by atoms with Crippen LogP contribution in [0.5, 0.6) is 0 Å². The van der Waals surface area contributed by atoms with E-state index in [-0.39, 0.29) is 29.6 Å². The average Bonchev–Trinajstić information content (AvgIpc) is 2.57. The van der Waals surface area contributed by atoms with Crippen molar-refractivity contribution in [3.8, 4) is 6.07 Å². The molecule has 0 radical (unpaired) electrons. The molecule has 0 aliphatic heterocycles. The molecule has 2 N–H and O–H groups in total. The van der Waals surface area contributed by atoms with Crippen molar-refractivity contribution in [3.05, 3.63) is 35.4 Å². The first kappa shape index (κ1) is 23.6. The maximum Gasteiger partial charge on any atom is 0.408 e. The van der Waals surface area contributed by atoms with E-state index in [0.29, 0.717) is 5.56 Å². The summed E-state index contributed by atoms with van der Waals surface area (Å²) in [4.78, 5) is 24.7. The number of nitriles is 1. The Kier molecular flexibility index (Phi) is 8.18. The van der Waals surface area contributed by atoms with E-state index >= 15 is 0 Å². The minimum atomic E-state index is -4.74. The van der Waals surface area contributed by atoms with Crippen molar-refractivity contribution in [2.45, 2.75) is 52.4 Å². The fourth-order valence-corrected chi connectivity index (χ4v) is 3.06. The zero-order valence-corrected chi connectivity index (χ0v) is 16.5. The SMILES string of the molecule is CC(C)C[C@@H](C(N)=O)N(CC#N)[C@@H](c1ccc(C(=O)C(C)C)cc1)C(F)(F)F. The molecule has 1 aromatic rings. The van der Waals surface area contributed by atoms with Crippen molar-refractivity contribution in [2.75, 3.05) is 6.54 Å². The largest absolute Gasteiger partial charge is 0.408 e. The van der Waals surface area contributed by atoms with Crippen molar-refractivity contribution in [3.63, 3.8) is 0 Å². The highest BCUT2D eigenvalue weighted by Crippen LogP contribution is 2.39. The van der Waals surface area contributed by atoms with E-state index in [1.807, 2.05) is 0 Å². The summed E-state index contributed by atoms with van der Waals surface area (Å²) in [6.07, 6.45) is -4.65. The van der Waals surface area contributed by atoms with Gasteiger partial charge >= 0.3 is 6.18 Å². The summed E-state index contributed by atoms with van der Waals surface area (Å²) in [6, 6.07) is 3.37. The Bertz CT molecular complexity index is 722. The molecule has 154 valence electrons. The molecule has 8 heteroatoms. The molecule has 0 spiro atoms. The number of halogens is 3. The highest BCUT2D eigenvalue weighted by molar-refractivity contribution is 5.97. The Morgan fingerprint density at radius 2 is 1.68 bits per heavy atom. The second-order valence-electron chi connectivity index (χ2n) is 7.46. The number of alkyl halides is 3. The van der Waals surface area contributed by atoms with Crippen LogP contribution in [0.15, 0.2) is 24.3 Å². The molecule has 0 heterocycles. The van der Waals surface area contributed by atoms with Crippen molar-refractivity contribution in [1.82, 2.24) is 4.90 Å². The molecule has 5 nitrogen and oxygen atoms in total. The van der Waals surface area contributed by atoms with E-state index in [1.165, 1.54) is 24.3 Å². The maximum atomic E-state index is 14.0. The summed E-state index contributed by atoms with van der Waals surface area (Å²) in [5.41, 5.74) is 5.52. The van der Waals surface area contributed by atoms with Crippen LogP contribution in [0.3, 0.4) is 0 Å². The number of nitrogens with two attached hydrogens (primary N) is 1. The molecule has 2 atom stereocenters. The number of primary amides is 1. The van der Waals surface area contributed by atoms with Crippen LogP contribution < -0.4 is 5.73 Å². The minimum Gasteiger partial charge on any atom is -0.368 e. The number of benzene rings is 1. The molecule has 0 aliphatic carbocycles. The van der Waals surface area contributed by atoms with Crippen LogP contribution in [0.1, 0.15) is 56.1 Å². The van der Waals surface area contributed by atoms with Crippen LogP contribution in [-0.4, -0.2) is 35.4 Å². The van der Waals surface area contributed by atoms with Gasteiger partial charge in [0.2, 0.25) is 5.91 Å². The van der Waals surface area contributed by atoms with Crippen LogP contribution in [-0.2, 0) is 4.79 Å². The van der Waals surface area contributed by atoms with Gasteiger partial charge < -0.3 is 5.73 Å². The minimum absolute atomic E-state index is 0.0908. The van der Waals surface area contributed by atoms with Crippen molar-refractivity contribution in [2.24, 2.45) is 17.6 Å². The van der Waals surface area contributed by atoms with Gasteiger partial charge in [-0.15, -0.1) is 0 Å². The van der Waals surface area contributed by atoms with Crippen molar-refractivity contribution >= 4 is 11.7 Å². The van der Waals surface area contributed by atoms with Gasteiger partial charge in [0.05, 0.1) is 18.7 Å². The molecule has 0 saturated carbocycles. The van der Waals surface area contributed by atoms with Gasteiger partial charge in [-0.25, -0.2) is 0 Å². The molecule has 28 heavy (non-hydrogen) atoms. The highest BCUT2D eigenvalue weighted by Gasteiger charge is 2.48. The van der Waals surface area contributed by atoms with Gasteiger partial charge in [0, 0.05) is 11.5 Å². The predicted molar refractivity (Wildman–Crippen MR) is 99.2 cm³/mol. The van der Waals surface area contributed by atoms with Crippen molar-refractivity contribution < 1.29 is 22.8 Å². The third kappa shape index (κ3) is 6.06. The number of rotatable bonds is 9. The number of hydrogen-bond donors (Lipinski definition) is 1. The number of nitrogens with zero attached hydrogens (tertiary/aromatic N) is 2. The van der Waals surface area contributed by atoms with E-state index in [9.17, 15) is 22.8 Å². The van der Waals surface area contributed by atoms with Gasteiger partial charge in [-0.1, -0.05) is 52.0 Å². The lowest BCUT2D eigenvalue weighted by Gasteiger charge is -2.37. The molecule has 0 saturated heterocycles. The van der Waals surface area contributed by atoms with E-state index < -0.39 is 30.7 Å². The van der Waals surface area contributed by atoms with Gasteiger partial charge in [0.1, 0.15) is 6.04 Å². The third-order valence-corrected chi connectivity index (χ3v) is 4.35. The van der Waals surface area contributed by atoms with Gasteiger partial charge in [-0.2, -0.15) is 18.4 Å². The lowest BCUT2D eigenvalue weighted by atomic mass is 9.95. The van der Waals surface area contributed by atoms with E-state index in [0.717, 1.165) is 4.90 Å². The molecule has 0 bridgehead atoms. The van der Waals surface area contributed by atoms with Crippen LogP contribution in [0, 0.1) is 23.2 Å². The molecular weight excluding hydrogens is 371 g/mol. The Morgan fingerprint density at radius 3 is 2.04 bits per heavy atom.